The molecule has 3 heterocycles. The number of hydrogen-bond donors (Lipinski definition) is 1. The van der Waals surface area contributed by atoms with Crippen LogP contribution in [0.15, 0.2) is 17.5 Å². The normalized spacial score (nSPS) is 22.5. The van der Waals surface area contributed by atoms with E-state index in [1.807, 2.05) is 22.4 Å². The van der Waals surface area contributed by atoms with Crippen molar-refractivity contribution in [1.29, 1.82) is 0 Å². The van der Waals surface area contributed by atoms with Crippen LogP contribution < -0.4 is 0 Å². The summed E-state index contributed by atoms with van der Waals surface area (Å²) < 4.78 is 0. The highest BCUT2D eigenvalue weighted by Crippen LogP contribution is 2.31. The first-order valence-corrected chi connectivity index (χ1v) is 9.45. The summed E-state index contributed by atoms with van der Waals surface area (Å²) in [7, 11) is 4.37. The molecule has 2 saturated heterocycles. The molecule has 0 unspecified atom stereocenters. The molecule has 6 heteroatoms. The molecule has 2 aliphatic heterocycles. The maximum atomic E-state index is 12.6. The zero-order chi connectivity index (χ0) is 17.2. The average molecular weight is 350 g/mol. The van der Waals surface area contributed by atoms with E-state index in [1.54, 1.807) is 17.4 Å². The lowest BCUT2D eigenvalue weighted by atomic mass is 9.84. The van der Waals surface area contributed by atoms with E-state index in [0.29, 0.717) is 0 Å². The lowest BCUT2D eigenvalue weighted by Gasteiger charge is -2.52. The number of piperazine rings is 1. The monoisotopic (exact) mass is 349 g/mol. The molecule has 0 radical (unpaired) electrons. The number of thiophene rings is 1. The third-order valence-electron chi connectivity index (χ3n) is 5.48. The smallest absolute Gasteiger partial charge is 0.246 e. The molecule has 0 bridgehead atoms. The summed E-state index contributed by atoms with van der Waals surface area (Å²) in [4.78, 5) is 20.5. The summed E-state index contributed by atoms with van der Waals surface area (Å²) >= 11 is 1.55. The molecule has 1 N–H and O–H groups in total. The Labute approximate surface area is 148 Å². The van der Waals surface area contributed by atoms with Gasteiger partial charge in [-0.15, -0.1) is 11.3 Å². The van der Waals surface area contributed by atoms with E-state index < -0.39 is 0 Å². The van der Waals surface area contributed by atoms with Crippen molar-refractivity contribution in [3.05, 3.63) is 28.0 Å². The van der Waals surface area contributed by atoms with Crippen molar-refractivity contribution in [1.82, 2.24) is 14.7 Å². The van der Waals surface area contributed by atoms with Crippen LogP contribution in [0.3, 0.4) is 0 Å². The minimum atomic E-state index is 0.0493. The number of aliphatic hydroxyl groups excluding tert-OH is 1. The Kier molecular flexibility index (Phi) is 5.39. The lowest BCUT2D eigenvalue weighted by Crippen LogP contribution is -2.64. The number of amides is 1. The minimum Gasteiger partial charge on any atom is -0.392 e. The summed E-state index contributed by atoms with van der Waals surface area (Å²) in [6.07, 6.45) is 5.79. The molecule has 24 heavy (non-hydrogen) atoms. The van der Waals surface area contributed by atoms with Gasteiger partial charge in [0.05, 0.1) is 6.61 Å². The highest BCUT2D eigenvalue weighted by atomic mass is 32.1. The molecule has 5 nitrogen and oxygen atoms in total. The summed E-state index contributed by atoms with van der Waals surface area (Å²) in [6, 6.07) is 1.93. The van der Waals surface area contributed by atoms with Gasteiger partial charge in [0, 0.05) is 36.1 Å². The number of hydrogen-bond acceptors (Lipinski definition) is 5. The number of likely N-dealkylation sites (tertiary alicyclic amines) is 1. The number of carbonyl (C=O) groups is 1. The molecule has 3 rings (SSSR count). The van der Waals surface area contributed by atoms with Gasteiger partial charge in [-0.1, -0.05) is 0 Å². The highest BCUT2D eigenvalue weighted by molar-refractivity contribution is 7.11. The number of likely N-dealkylation sites (N-methyl/N-ethyl adjacent to an activating group) is 1. The van der Waals surface area contributed by atoms with E-state index in [0.717, 1.165) is 56.0 Å². The van der Waals surface area contributed by atoms with Crippen LogP contribution in [0.2, 0.25) is 0 Å². The van der Waals surface area contributed by atoms with Gasteiger partial charge < -0.3 is 14.9 Å². The first-order valence-electron chi connectivity index (χ1n) is 8.57. The van der Waals surface area contributed by atoms with Crippen molar-refractivity contribution < 1.29 is 9.90 Å². The Morgan fingerprint density at radius 2 is 2.04 bits per heavy atom. The summed E-state index contributed by atoms with van der Waals surface area (Å²) in [5.41, 5.74) is 1.04. The second-order valence-corrected chi connectivity index (χ2v) is 8.00. The van der Waals surface area contributed by atoms with Gasteiger partial charge in [-0.3, -0.25) is 9.69 Å². The fraction of sp³-hybridized carbons (Fsp3) is 0.611. The molecule has 1 spiro atoms. The van der Waals surface area contributed by atoms with E-state index in [-0.39, 0.29) is 18.1 Å². The van der Waals surface area contributed by atoms with Crippen LogP contribution in [0.5, 0.6) is 0 Å². The van der Waals surface area contributed by atoms with Crippen LogP contribution in [0, 0.1) is 0 Å². The van der Waals surface area contributed by atoms with Crippen LogP contribution in [0.4, 0.5) is 0 Å². The van der Waals surface area contributed by atoms with E-state index in [4.69, 9.17) is 5.11 Å². The number of carbonyl (C=O) groups excluding carboxylic acids is 1. The number of rotatable bonds is 3. The van der Waals surface area contributed by atoms with Gasteiger partial charge >= 0.3 is 0 Å². The van der Waals surface area contributed by atoms with E-state index in [9.17, 15) is 4.79 Å². The first-order chi connectivity index (χ1) is 11.5. The second kappa shape index (κ2) is 7.35. The quantitative estimate of drug-likeness (QED) is 0.840. The van der Waals surface area contributed by atoms with Crippen LogP contribution in [-0.2, 0) is 11.4 Å². The Bertz CT molecular complexity index is 605. The predicted molar refractivity (Wildman–Crippen MR) is 97.9 cm³/mol. The molecule has 1 aromatic rings. The molecular formula is C18H27N3O2S. The van der Waals surface area contributed by atoms with Gasteiger partial charge in [-0.2, -0.15) is 0 Å². The number of nitrogens with zero attached hydrogens (tertiary/aromatic N) is 3. The highest BCUT2D eigenvalue weighted by Gasteiger charge is 2.42. The SMILES string of the molecule is CN1CCC2(CC1)CN(C(=O)/C=C/c1cc(CO)cs1)CCN2C. The third kappa shape index (κ3) is 3.72. The molecule has 1 aromatic heterocycles. The van der Waals surface area contributed by atoms with Crippen LogP contribution >= 0.6 is 11.3 Å². The van der Waals surface area contributed by atoms with Crippen molar-refractivity contribution >= 4 is 23.3 Å². The molecule has 2 fully saturated rings. The van der Waals surface area contributed by atoms with Gasteiger partial charge in [0.15, 0.2) is 0 Å². The minimum absolute atomic E-state index is 0.0493. The van der Waals surface area contributed by atoms with Gasteiger partial charge in [0.2, 0.25) is 5.91 Å². The second-order valence-electron chi connectivity index (χ2n) is 7.06. The molecule has 0 saturated carbocycles. The van der Waals surface area contributed by atoms with Crippen LogP contribution in [0.1, 0.15) is 23.3 Å². The first kappa shape index (κ1) is 17.6. The van der Waals surface area contributed by atoms with Crippen molar-refractivity contribution in [2.45, 2.75) is 25.0 Å². The van der Waals surface area contributed by atoms with Gasteiger partial charge in [0.1, 0.15) is 0 Å². The van der Waals surface area contributed by atoms with Crippen molar-refractivity contribution in [3.63, 3.8) is 0 Å². The topological polar surface area (TPSA) is 47.0 Å². The summed E-state index contributed by atoms with van der Waals surface area (Å²) in [5.74, 6) is 0.0975. The Balaban J connectivity index is 1.64. The van der Waals surface area contributed by atoms with E-state index >= 15 is 0 Å². The molecular weight excluding hydrogens is 322 g/mol. The zero-order valence-electron chi connectivity index (χ0n) is 14.6. The molecule has 132 valence electrons. The van der Waals surface area contributed by atoms with Crippen molar-refractivity contribution in [2.75, 3.05) is 46.8 Å². The standard InChI is InChI=1S/C18H27N3O2S/c1-19-7-5-18(6-8-19)14-21(10-9-20(18)2)17(23)4-3-16-11-15(12-22)13-24-16/h3-4,11,13,22H,5-10,12,14H2,1-2H3/b4-3+. The summed E-state index contributed by atoms with van der Waals surface area (Å²) in [5, 5.41) is 11.0. The van der Waals surface area contributed by atoms with Gasteiger partial charge in [0.25, 0.3) is 0 Å². The maximum absolute atomic E-state index is 12.6. The number of aliphatic hydroxyl groups is 1. The molecule has 0 aromatic carbocycles. The van der Waals surface area contributed by atoms with Crippen molar-refractivity contribution in [3.8, 4) is 0 Å². The van der Waals surface area contributed by atoms with Gasteiger partial charge in [-0.05, 0) is 63.1 Å². The average Bonchev–Trinajstić information content (AvgIpc) is 3.06. The fourth-order valence-corrected chi connectivity index (χ4v) is 4.45. The Morgan fingerprint density at radius 1 is 1.29 bits per heavy atom. The van der Waals surface area contributed by atoms with E-state index in [1.165, 1.54) is 0 Å². The van der Waals surface area contributed by atoms with Gasteiger partial charge in [-0.25, -0.2) is 0 Å². The van der Waals surface area contributed by atoms with Crippen LogP contribution in [-0.4, -0.2) is 78.1 Å². The third-order valence-corrected chi connectivity index (χ3v) is 6.42. The van der Waals surface area contributed by atoms with E-state index in [2.05, 4.69) is 23.9 Å². The lowest BCUT2D eigenvalue weighted by molar-refractivity contribution is -0.132. The Morgan fingerprint density at radius 3 is 2.71 bits per heavy atom. The number of piperidine rings is 1. The van der Waals surface area contributed by atoms with Crippen LogP contribution in [0.25, 0.3) is 6.08 Å². The maximum Gasteiger partial charge on any atom is 0.246 e. The van der Waals surface area contributed by atoms with Crippen molar-refractivity contribution in [2.24, 2.45) is 0 Å². The zero-order valence-corrected chi connectivity index (χ0v) is 15.4. The summed E-state index contributed by atoms with van der Waals surface area (Å²) in [6.45, 7) is 4.81. The molecule has 0 aliphatic carbocycles. The predicted octanol–water partition coefficient (Wildman–Crippen LogP) is 1.49. The Hall–Kier alpha value is -1.21. The molecule has 0 atom stereocenters. The molecule has 2 aliphatic rings. The molecule has 1 amide bonds. The largest absolute Gasteiger partial charge is 0.392 e. The fourth-order valence-electron chi connectivity index (χ4n) is 3.65.